The Hall–Kier alpha value is -2.05. The second-order valence-corrected chi connectivity index (χ2v) is 6.72. The van der Waals surface area contributed by atoms with Crippen LogP contribution in [0.5, 0.6) is 0 Å². The van der Waals surface area contributed by atoms with Gasteiger partial charge < -0.3 is 15.3 Å². The molecule has 1 saturated heterocycles. The molecule has 0 aromatic carbocycles. The molecular formula is C16H24N4O3. The van der Waals surface area contributed by atoms with Gasteiger partial charge in [0.15, 0.2) is 0 Å². The molecule has 1 atom stereocenters. The van der Waals surface area contributed by atoms with Crippen molar-refractivity contribution in [3.05, 3.63) is 18.0 Å². The lowest BCUT2D eigenvalue weighted by atomic mass is 9.86. The average Bonchev–Trinajstić information content (AvgIpc) is 3.16. The third-order valence-electron chi connectivity index (χ3n) is 4.96. The van der Waals surface area contributed by atoms with E-state index in [4.69, 9.17) is 5.11 Å². The normalized spacial score (nSPS) is 27.9. The summed E-state index contributed by atoms with van der Waals surface area (Å²) in [5.74, 6) is -0.964. The van der Waals surface area contributed by atoms with E-state index in [0.717, 1.165) is 31.4 Å². The number of rotatable bonds is 3. The molecule has 2 N–H and O–H groups in total. The highest BCUT2D eigenvalue weighted by Crippen LogP contribution is 2.25. The molecule has 1 aliphatic heterocycles. The Labute approximate surface area is 135 Å². The number of carbonyl (C=O) groups is 2. The summed E-state index contributed by atoms with van der Waals surface area (Å²) in [4.78, 5) is 25.2. The van der Waals surface area contributed by atoms with Crippen molar-refractivity contribution in [3.63, 3.8) is 0 Å². The SMILES string of the molecule is Cc1cnn(C2CCN(C(=O)NC3CCC(C(=O)O)CC3)C2)c1. The fourth-order valence-electron chi connectivity index (χ4n) is 3.53. The number of aryl methyl sites for hydroxylation is 1. The monoisotopic (exact) mass is 320 g/mol. The number of amides is 2. The Morgan fingerprint density at radius 3 is 2.61 bits per heavy atom. The Morgan fingerprint density at radius 1 is 1.26 bits per heavy atom. The molecule has 0 radical (unpaired) electrons. The lowest BCUT2D eigenvalue weighted by Crippen LogP contribution is -2.45. The molecule has 2 amide bonds. The van der Waals surface area contributed by atoms with E-state index in [1.165, 1.54) is 0 Å². The third kappa shape index (κ3) is 3.65. The van der Waals surface area contributed by atoms with Crippen LogP contribution in [0, 0.1) is 12.8 Å². The summed E-state index contributed by atoms with van der Waals surface area (Å²) >= 11 is 0. The van der Waals surface area contributed by atoms with E-state index in [1.54, 1.807) is 0 Å². The van der Waals surface area contributed by atoms with Crippen molar-refractivity contribution >= 4 is 12.0 Å². The predicted octanol–water partition coefficient (Wildman–Crippen LogP) is 1.79. The molecular weight excluding hydrogens is 296 g/mol. The molecule has 7 heteroatoms. The van der Waals surface area contributed by atoms with Crippen molar-refractivity contribution in [2.24, 2.45) is 5.92 Å². The average molecular weight is 320 g/mol. The van der Waals surface area contributed by atoms with Gasteiger partial charge >= 0.3 is 12.0 Å². The molecule has 1 aromatic rings. The minimum atomic E-state index is -0.716. The van der Waals surface area contributed by atoms with Crippen LogP contribution in [0.25, 0.3) is 0 Å². The van der Waals surface area contributed by atoms with Crippen LogP contribution in [-0.4, -0.2) is 50.9 Å². The highest BCUT2D eigenvalue weighted by atomic mass is 16.4. The first-order valence-electron chi connectivity index (χ1n) is 8.32. The van der Waals surface area contributed by atoms with Crippen LogP contribution in [0.3, 0.4) is 0 Å². The second-order valence-electron chi connectivity index (χ2n) is 6.72. The van der Waals surface area contributed by atoms with Gasteiger partial charge in [0, 0.05) is 25.3 Å². The van der Waals surface area contributed by atoms with Crippen LogP contribution in [0.4, 0.5) is 4.79 Å². The number of hydrogen-bond donors (Lipinski definition) is 2. The first-order chi connectivity index (χ1) is 11.0. The van der Waals surface area contributed by atoms with Gasteiger partial charge in [0.25, 0.3) is 0 Å². The quantitative estimate of drug-likeness (QED) is 0.889. The first-order valence-corrected chi connectivity index (χ1v) is 8.32. The molecule has 1 saturated carbocycles. The number of likely N-dealkylation sites (tertiary alicyclic amines) is 1. The van der Waals surface area contributed by atoms with E-state index in [2.05, 4.69) is 10.4 Å². The van der Waals surface area contributed by atoms with Gasteiger partial charge in [-0.25, -0.2) is 4.79 Å². The number of carbonyl (C=O) groups excluding carboxylic acids is 1. The summed E-state index contributed by atoms with van der Waals surface area (Å²) in [5.41, 5.74) is 1.13. The fraction of sp³-hybridized carbons (Fsp3) is 0.688. The summed E-state index contributed by atoms with van der Waals surface area (Å²) < 4.78 is 1.95. The van der Waals surface area contributed by atoms with E-state index in [1.807, 2.05) is 28.9 Å². The second kappa shape index (κ2) is 6.60. The molecule has 2 heterocycles. The molecule has 7 nitrogen and oxygen atoms in total. The van der Waals surface area contributed by atoms with Gasteiger partial charge in [0.05, 0.1) is 18.2 Å². The van der Waals surface area contributed by atoms with E-state index in [0.29, 0.717) is 19.4 Å². The first kappa shape index (κ1) is 15.8. The minimum Gasteiger partial charge on any atom is -0.481 e. The molecule has 23 heavy (non-hydrogen) atoms. The van der Waals surface area contributed by atoms with Crippen molar-refractivity contribution in [3.8, 4) is 0 Å². The Balaban J connectivity index is 1.47. The van der Waals surface area contributed by atoms with Gasteiger partial charge in [-0.2, -0.15) is 5.10 Å². The van der Waals surface area contributed by atoms with Crippen LogP contribution in [-0.2, 0) is 4.79 Å². The number of urea groups is 1. The van der Waals surface area contributed by atoms with Crippen LogP contribution >= 0.6 is 0 Å². The van der Waals surface area contributed by atoms with Crippen molar-refractivity contribution in [2.75, 3.05) is 13.1 Å². The zero-order valence-electron chi connectivity index (χ0n) is 13.4. The number of aliphatic carboxylic acids is 1. The summed E-state index contributed by atoms with van der Waals surface area (Å²) in [7, 11) is 0. The van der Waals surface area contributed by atoms with Gasteiger partial charge in [-0.05, 0) is 44.6 Å². The minimum absolute atomic E-state index is 0.0323. The van der Waals surface area contributed by atoms with Gasteiger partial charge in [0.2, 0.25) is 0 Å². The van der Waals surface area contributed by atoms with Gasteiger partial charge in [-0.1, -0.05) is 0 Å². The smallest absolute Gasteiger partial charge is 0.317 e. The van der Waals surface area contributed by atoms with E-state index in [-0.39, 0.29) is 24.0 Å². The number of nitrogens with one attached hydrogen (secondary N) is 1. The number of carboxylic acid groups (broad SMARTS) is 1. The maximum Gasteiger partial charge on any atom is 0.317 e. The van der Waals surface area contributed by atoms with Crippen LogP contribution in [0.1, 0.15) is 43.7 Å². The molecule has 2 fully saturated rings. The van der Waals surface area contributed by atoms with Crippen molar-refractivity contribution in [1.29, 1.82) is 0 Å². The van der Waals surface area contributed by atoms with E-state index < -0.39 is 5.97 Å². The molecule has 126 valence electrons. The highest BCUT2D eigenvalue weighted by Gasteiger charge is 2.31. The lowest BCUT2D eigenvalue weighted by Gasteiger charge is -2.28. The number of nitrogens with zero attached hydrogens (tertiary/aromatic N) is 3. The summed E-state index contributed by atoms with van der Waals surface area (Å²) in [5, 5.41) is 16.4. The Kier molecular flexibility index (Phi) is 4.54. The summed E-state index contributed by atoms with van der Waals surface area (Å²) in [6.45, 7) is 3.42. The summed E-state index contributed by atoms with van der Waals surface area (Å²) in [6, 6.07) is 0.316. The number of aromatic nitrogens is 2. The molecule has 0 bridgehead atoms. The predicted molar refractivity (Wildman–Crippen MR) is 84.1 cm³/mol. The van der Waals surface area contributed by atoms with Crippen molar-refractivity contribution in [1.82, 2.24) is 20.0 Å². The molecule has 3 rings (SSSR count). The maximum absolute atomic E-state index is 12.4. The van der Waals surface area contributed by atoms with Crippen LogP contribution in [0.2, 0.25) is 0 Å². The van der Waals surface area contributed by atoms with Gasteiger partial charge in [-0.3, -0.25) is 9.48 Å². The van der Waals surface area contributed by atoms with Crippen molar-refractivity contribution < 1.29 is 14.7 Å². The molecule has 1 aliphatic carbocycles. The molecule has 1 unspecified atom stereocenters. The Morgan fingerprint density at radius 2 is 2.00 bits per heavy atom. The van der Waals surface area contributed by atoms with Gasteiger partial charge in [0.1, 0.15) is 0 Å². The largest absolute Gasteiger partial charge is 0.481 e. The van der Waals surface area contributed by atoms with Crippen LogP contribution in [0.15, 0.2) is 12.4 Å². The lowest BCUT2D eigenvalue weighted by molar-refractivity contribution is -0.142. The van der Waals surface area contributed by atoms with Crippen molar-refractivity contribution in [2.45, 2.75) is 51.1 Å². The van der Waals surface area contributed by atoms with Crippen LogP contribution < -0.4 is 5.32 Å². The van der Waals surface area contributed by atoms with E-state index >= 15 is 0 Å². The fourth-order valence-corrected chi connectivity index (χ4v) is 3.53. The molecule has 1 aromatic heterocycles. The molecule has 0 spiro atoms. The topological polar surface area (TPSA) is 87.5 Å². The zero-order valence-corrected chi connectivity index (χ0v) is 13.4. The summed E-state index contributed by atoms with van der Waals surface area (Å²) in [6.07, 6.45) is 7.56. The zero-order chi connectivity index (χ0) is 16.4. The van der Waals surface area contributed by atoms with E-state index in [9.17, 15) is 9.59 Å². The third-order valence-corrected chi connectivity index (χ3v) is 4.96. The molecule has 2 aliphatic rings. The van der Waals surface area contributed by atoms with Gasteiger partial charge in [-0.15, -0.1) is 0 Å². The number of carboxylic acids is 1. The maximum atomic E-state index is 12.4. The number of hydrogen-bond acceptors (Lipinski definition) is 3. The highest BCUT2D eigenvalue weighted by molar-refractivity contribution is 5.75. The standard InChI is InChI=1S/C16H24N4O3/c1-11-8-17-20(9-11)14-6-7-19(10-14)16(23)18-13-4-2-12(3-5-13)15(21)22/h8-9,12-14H,2-7,10H2,1H3,(H,18,23)(H,21,22). The Bertz CT molecular complexity index is 578.